The third-order valence-electron chi connectivity index (χ3n) is 1.06. The Bertz CT molecular complexity index is 271. The average molecular weight is 158 g/mol. The van der Waals surface area contributed by atoms with Crippen molar-refractivity contribution < 1.29 is 13.0 Å². The summed E-state index contributed by atoms with van der Waals surface area (Å²) in [6.45, 7) is 0. The Balaban J connectivity index is 2.93. The van der Waals surface area contributed by atoms with E-state index in [0.717, 1.165) is 0 Å². The van der Waals surface area contributed by atoms with Crippen LogP contribution in [0.4, 0.5) is 0 Å². The molecule has 0 saturated carbocycles. The van der Waals surface area contributed by atoms with Gasteiger partial charge in [0.1, 0.15) is 0 Å². The van der Waals surface area contributed by atoms with E-state index < -0.39 is 10.1 Å². The molecule has 0 fully saturated rings. The zero-order valence-electron chi connectivity index (χ0n) is 5.11. The highest BCUT2D eigenvalue weighted by molar-refractivity contribution is 7.90. The van der Waals surface area contributed by atoms with E-state index in [1.54, 1.807) is 12.2 Å². The monoisotopic (exact) mass is 158 g/mol. The van der Waals surface area contributed by atoms with E-state index in [1.165, 1.54) is 6.08 Å². The van der Waals surface area contributed by atoms with Gasteiger partial charge in [-0.3, -0.25) is 4.55 Å². The highest BCUT2D eigenvalue weighted by Crippen LogP contribution is 2.14. The maximum Gasteiger partial charge on any atom is 0.291 e. The van der Waals surface area contributed by atoms with E-state index in [-0.39, 0.29) is 4.91 Å². The molecule has 0 aromatic carbocycles. The van der Waals surface area contributed by atoms with Crippen LogP contribution >= 0.6 is 0 Å². The normalized spacial score (nSPS) is 18.7. The maximum absolute atomic E-state index is 10.4. The van der Waals surface area contributed by atoms with Crippen molar-refractivity contribution in [1.82, 2.24) is 0 Å². The molecule has 0 saturated heterocycles. The van der Waals surface area contributed by atoms with Crippen LogP contribution in [0.3, 0.4) is 0 Å². The average Bonchev–Trinajstić information content (AvgIpc) is 1.88. The van der Waals surface area contributed by atoms with Gasteiger partial charge in [-0.25, -0.2) is 0 Å². The van der Waals surface area contributed by atoms with Gasteiger partial charge in [-0.15, -0.1) is 0 Å². The molecule has 1 aliphatic carbocycles. The Morgan fingerprint density at radius 3 is 2.60 bits per heavy atom. The van der Waals surface area contributed by atoms with E-state index in [9.17, 15) is 8.42 Å². The van der Waals surface area contributed by atoms with Crippen molar-refractivity contribution in [2.75, 3.05) is 0 Å². The molecule has 1 N–H and O–H groups in total. The first-order chi connectivity index (χ1) is 4.61. The Kier molecular flexibility index (Phi) is 1.92. The summed E-state index contributed by atoms with van der Waals surface area (Å²) in [7, 11) is -4.03. The Morgan fingerprint density at radius 2 is 2.30 bits per heavy atom. The molecule has 54 valence electrons. The lowest BCUT2D eigenvalue weighted by Crippen LogP contribution is -2.03. The Labute approximate surface area is 59.8 Å². The lowest BCUT2D eigenvalue weighted by Gasteiger charge is -2.02. The summed E-state index contributed by atoms with van der Waals surface area (Å²) in [5.74, 6) is 0. The molecule has 0 unspecified atom stereocenters. The smallest absolute Gasteiger partial charge is 0.282 e. The molecule has 0 amide bonds. The fourth-order valence-corrected chi connectivity index (χ4v) is 1.14. The lowest BCUT2D eigenvalue weighted by atomic mass is 10.2. The Hall–Kier alpha value is -0.610. The summed E-state index contributed by atoms with van der Waals surface area (Å²) in [6, 6.07) is 0. The van der Waals surface area contributed by atoms with E-state index >= 15 is 0 Å². The van der Waals surface area contributed by atoms with Gasteiger partial charge in [0.25, 0.3) is 10.1 Å². The van der Waals surface area contributed by atoms with Crippen molar-refractivity contribution in [1.29, 1.82) is 0 Å². The summed E-state index contributed by atoms with van der Waals surface area (Å²) in [6.07, 6.45) is 7.55. The minimum Gasteiger partial charge on any atom is -0.282 e. The molecular weight excluding hydrogens is 152 g/mol. The van der Waals surface area contributed by atoms with Gasteiger partial charge in [0, 0.05) is 6.42 Å². The number of hydrogen-bond donors (Lipinski definition) is 1. The summed E-state index contributed by atoms with van der Waals surface area (Å²) >= 11 is 0. The van der Waals surface area contributed by atoms with E-state index in [4.69, 9.17) is 4.55 Å². The van der Waals surface area contributed by atoms with Crippen LogP contribution < -0.4 is 0 Å². The van der Waals surface area contributed by atoms with Crippen LogP contribution in [0, 0.1) is 6.42 Å². The van der Waals surface area contributed by atoms with Crippen LogP contribution in [0.1, 0.15) is 6.42 Å². The van der Waals surface area contributed by atoms with Gasteiger partial charge in [0.05, 0.1) is 4.91 Å². The first kappa shape index (κ1) is 7.50. The standard InChI is InChI=1S/C6H6O3S/c7-10(8,9)6-4-2-1-3-5-6/h1-2,4H,3H2,(H,7,8,9). The molecule has 10 heavy (non-hydrogen) atoms. The SMILES string of the molecule is O=S(=O)(O)C1=CC=CC[C]1. The molecule has 0 spiro atoms. The van der Waals surface area contributed by atoms with Crippen molar-refractivity contribution in [3.8, 4) is 0 Å². The molecule has 0 heterocycles. The minimum atomic E-state index is -4.03. The lowest BCUT2D eigenvalue weighted by molar-refractivity contribution is 0.491. The predicted molar refractivity (Wildman–Crippen MR) is 36.6 cm³/mol. The number of allylic oxidation sites excluding steroid dienone is 4. The fourth-order valence-electron chi connectivity index (χ4n) is 0.619. The maximum atomic E-state index is 10.4. The quantitative estimate of drug-likeness (QED) is 0.574. The predicted octanol–water partition coefficient (Wildman–Crippen LogP) is 0.799. The van der Waals surface area contributed by atoms with Gasteiger partial charge < -0.3 is 0 Å². The van der Waals surface area contributed by atoms with E-state index in [1.807, 2.05) is 0 Å². The van der Waals surface area contributed by atoms with Gasteiger partial charge in [0.2, 0.25) is 0 Å². The molecule has 0 aliphatic heterocycles. The summed E-state index contributed by atoms with van der Waals surface area (Å²) in [5, 5.41) is 0. The van der Waals surface area contributed by atoms with E-state index in [2.05, 4.69) is 6.42 Å². The topological polar surface area (TPSA) is 54.4 Å². The van der Waals surface area contributed by atoms with Crippen LogP contribution in [0.2, 0.25) is 0 Å². The fraction of sp³-hybridized carbons (Fsp3) is 0.167. The largest absolute Gasteiger partial charge is 0.291 e. The number of rotatable bonds is 1. The molecule has 0 aromatic heterocycles. The van der Waals surface area contributed by atoms with Crippen LogP contribution in [-0.4, -0.2) is 13.0 Å². The first-order valence-electron chi connectivity index (χ1n) is 2.69. The molecule has 0 atom stereocenters. The van der Waals surface area contributed by atoms with Crippen molar-refractivity contribution in [3.05, 3.63) is 29.6 Å². The van der Waals surface area contributed by atoms with Gasteiger partial charge in [-0.1, -0.05) is 12.2 Å². The molecular formula is C6H6O3S. The molecule has 3 nitrogen and oxygen atoms in total. The van der Waals surface area contributed by atoms with Crippen LogP contribution in [0.15, 0.2) is 23.1 Å². The van der Waals surface area contributed by atoms with Crippen molar-refractivity contribution in [3.63, 3.8) is 0 Å². The van der Waals surface area contributed by atoms with Crippen LogP contribution in [0.5, 0.6) is 0 Å². The molecule has 0 aromatic rings. The van der Waals surface area contributed by atoms with Crippen molar-refractivity contribution >= 4 is 10.1 Å². The third kappa shape index (κ3) is 1.68. The highest BCUT2D eigenvalue weighted by Gasteiger charge is 2.13. The Morgan fingerprint density at radius 1 is 1.60 bits per heavy atom. The summed E-state index contributed by atoms with van der Waals surface area (Å²) in [5.41, 5.74) is 0. The van der Waals surface area contributed by atoms with Gasteiger partial charge in [0.15, 0.2) is 0 Å². The molecule has 1 rings (SSSR count). The van der Waals surface area contributed by atoms with Crippen molar-refractivity contribution in [2.45, 2.75) is 6.42 Å². The van der Waals surface area contributed by atoms with Crippen molar-refractivity contribution in [2.24, 2.45) is 0 Å². The third-order valence-corrected chi connectivity index (χ3v) is 1.89. The van der Waals surface area contributed by atoms with Crippen LogP contribution in [-0.2, 0) is 10.1 Å². The summed E-state index contributed by atoms with van der Waals surface area (Å²) in [4.78, 5) is -0.144. The summed E-state index contributed by atoms with van der Waals surface area (Å²) < 4.78 is 29.2. The first-order valence-corrected chi connectivity index (χ1v) is 4.13. The second kappa shape index (κ2) is 2.56. The van der Waals surface area contributed by atoms with E-state index in [0.29, 0.717) is 6.42 Å². The second-order valence-electron chi connectivity index (χ2n) is 1.82. The molecule has 2 radical (unpaired) electrons. The number of hydrogen-bond acceptors (Lipinski definition) is 2. The second-order valence-corrected chi connectivity index (χ2v) is 3.20. The molecule has 1 aliphatic rings. The van der Waals surface area contributed by atoms with Gasteiger partial charge in [-0.05, 0) is 12.5 Å². The zero-order valence-corrected chi connectivity index (χ0v) is 5.93. The molecule has 4 heteroatoms. The van der Waals surface area contributed by atoms with Crippen LogP contribution in [0.25, 0.3) is 0 Å². The minimum absolute atomic E-state index is 0.144. The van der Waals surface area contributed by atoms with Gasteiger partial charge >= 0.3 is 0 Å². The highest BCUT2D eigenvalue weighted by atomic mass is 32.2. The zero-order chi connectivity index (χ0) is 7.61. The van der Waals surface area contributed by atoms with Gasteiger partial charge in [-0.2, -0.15) is 8.42 Å². The molecule has 0 bridgehead atoms.